The minimum atomic E-state index is -0.946. The first-order valence-corrected chi connectivity index (χ1v) is 7.52. The van der Waals surface area contributed by atoms with Gasteiger partial charge in [-0.05, 0) is 25.7 Å². The van der Waals surface area contributed by atoms with Crippen LogP contribution in [-0.2, 0) is 9.59 Å². The molecule has 0 aliphatic rings. The molecule has 0 aromatic heterocycles. The fourth-order valence-electron chi connectivity index (χ4n) is 2.13. The Balaban J connectivity index is -0.00000162. The molecule has 0 aromatic carbocycles. The fourth-order valence-corrected chi connectivity index (χ4v) is 2.13. The molecule has 0 aliphatic carbocycles. The largest absolute Gasteiger partial charge is 1.00 e. The topological polar surface area (TPSA) is 80.3 Å². The van der Waals surface area contributed by atoms with Crippen molar-refractivity contribution in [3.05, 3.63) is 0 Å². The minimum Gasteiger partial charge on any atom is -0.550 e. The molecule has 0 saturated heterocycles. The molecule has 0 bridgehead atoms. The molecule has 0 unspecified atom stereocenters. The van der Waals surface area contributed by atoms with E-state index in [1.165, 1.54) is 32.1 Å². The molecule has 0 saturated carbocycles. The molecule has 21 heavy (non-hydrogen) atoms. The number of aliphatic carboxylic acids is 2. The number of unbranched alkanes of at least 4 members (excludes halogenated alkanes) is 10. The monoisotopic (exact) mass is 316 g/mol. The van der Waals surface area contributed by atoms with Gasteiger partial charge in [0.15, 0.2) is 0 Å². The molecule has 0 radical (unpaired) electrons. The molecule has 0 fully saturated rings. The summed E-state index contributed by atoms with van der Waals surface area (Å²) in [5.41, 5.74) is 0. The van der Waals surface area contributed by atoms with E-state index in [4.69, 9.17) is 0 Å². The van der Waals surface area contributed by atoms with Crippen LogP contribution in [0.15, 0.2) is 0 Å². The number of hydrogen-bond acceptors (Lipinski definition) is 4. The quantitative estimate of drug-likeness (QED) is 0.239. The Morgan fingerprint density at radius 3 is 0.857 bits per heavy atom. The van der Waals surface area contributed by atoms with Crippen LogP contribution in [0.25, 0.3) is 0 Å². The van der Waals surface area contributed by atoms with Crippen LogP contribution in [0, 0.1) is 0 Å². The Hall–Kier alpha value is 0.940. The smallest absolute Gasteiger partial charge is 0.550 e. The van der Waals surface area contributed by atoms with E-state index in [1.54, 1.807) is 0 Å². The zero-order valence-corrected chi connectivity index (χ0v) is 17.8. The summed E-state index contributed by atoms with van der Waals surface area (Å²) in [7, 11) is 0. The third-order valence-corrected chi connectivity index (χ3v) is 3.26. The second-order valence-electron chi connectivity index (χ2n) is 5.13. The van der Waals surface area contributed by atoms with Gasteiger partial charge < -0.3 is 19.8 Å². The Labute approximate surface area is 173 Å². The average molecular weight is 316 g/mol. The summed E-state index contributed by atoms with van der Waals surface area (Å²) in [6.07, 6.45) is 12.0. The minimum absolute atomic E-state index is 0. The van der Waals surface area contributed by atoms with Crippen LogP contribution >= 0.6 is 0 Å². The van der Waals surface area contributed by atoms with Crippen molar-refractivity contribution in [1.82, 2.24) is 0 Å². The molecule has 0 aliphatic heterocycles. The number of carbonyl (C=O) groups excluding carboxylic acids is 2. The Kier molecular flexibility index (Phi) is 26.7. The van der Waals surface area contributed by atoms with Gasteiger partial charge in [0.1, 0.15) is 0 Å². The van der Waals surface area contributed by atoms with Gasteiger partial charge in [-0.25, -0.2) is 0 Å². The van der Waals surface area contributed by atoms with E-state index in [1.807, 2.05) is 0 Å². The molecule has 0 rings (SSSR count). The van der Waals surface area contributed by atoms with E-state index in [-0.39, 0.29) is 72.0 Å². The van der Waals surface area contributed by atoms with Crippen molar-refractivity contribution < 1.29 is 78.9 Å². The molecule has 0 spiro atoms. The van der Waals surface area contributed by atoms with Gasteiger partial charge in [0, 0.05) is 11.9 Å². The van der Waals surface area contributed by atoms with Crippen LogP contribution in [-0.4, -0.2) is 11.9 Å². The van der Waals surface area contributed by atoms with Crippen molar-refractivity contribution in [2.24, 2.45) is 0 Å². The summed E-state index contributed by atoms with van der Waals surface area (Å²) >= 11 is 0. The first-order valence-electron chi connectivity index (χ1n) is 7.52. The Bertz CT molecular complexity index is 224. The Morgan fingerprint density at radius 2 is 0.667 bits per heavy atom. The summed E-state index contributed by atoms with van der Waals surface area (Å²) in [6, 6.07) is 0. The molecule has 0 atom stereocenters. The number of hydrogen-bond donors (Lipinski definition) is 0. The number of rotatable bonds is 14. The van der Waals surface area contributed by atoms with Gasteiger partial charge in [0.05, 0.1) is 0 Å². The predicted octanol–water partition coefficient (Wildman–Crippen LogP) is -4.43. The number of carbonyl (C=O) groups is 2. The third kappa shape index (κ3) is 26.2. The van der Waals surface area contributed by atoms with Gasteiger partial charge in [-0.1, -0.05) is 57.8 Å². The van der Waals surface area contributed by atoms with E-state index in [0.717, 1.165) is 38.5 Å². The molecule has 4 nitrogen and oxygen atoms in total. The van der Waals surface area contributed by atoms with Crippen LogP contribution in [0.2, 0.25) is 0 Å². The van der Waals surface area contributed by atoms with E-state index in [9.17, 15) is 19.8 Å². The number of carboxylic acid groups (broad SMARTS) is 2. The van der Waals surface area contributed by atoms with Gasteiger partial charge in [-0.3, -0.25) is 0 Å². The van der Waals surface area contributed by atoms with E-state index in [0.29, 0.717) is 0 Å². The molecule has 112 valence electrons. The molecule has 0 amide bonds. The zero-order valence-electron chi connectivity index (χ0n) is 13.8. The van der Waals surface area contributed by atoms with Crippen molar-refractivity contribution in [3.8, 4) is 0 Å². The second kappa shape index (κ2) is 20.9. The van der Waals surface area contributed by atoms with E-state index < -0.39 is 11.9 Å². The van der Waals surface area contributed by atoms with Crippen LogP contribution < -0.4 is 69.3 Å². The van der Waals surface area contributed by atoms with E-state index in [2.05, 4.69) is 0 Å². The summed E-state index contributed by atoms with van der Waals surface area (Å²) < 4.78 is 0. The van der Waals surface area contributed by atoms with Crippen molar-refractivity contribution in [2.45, 2.75) is 83.5 Å². The van der Waals surface area contributed by atoms with Crippen molar-refractivity contribution in [3.63, 3.8) is 0 Å². The molecule has 0 aromatic rings. The molecular weight excluding hydrogens is 290 g/mol. The zero-order chi connectivity index (χ0) is 14.3. The Morgan fingerprint density at radius 1 is 0.476 bits per heavy atom. The second-order valence-corrected chi connectivity index (χ2v) is 5.13. The average Bonchev–Trinajstić information content (AvgIpc) is 2.34. The van der Waals surface area contributed by atoms with Crippen molar-refractivity contribution in [2.75, 3.05) is 0 Å². The van der Waals surface area contributed by atoms with Gasteiger partial charge in [0.25, 0.3) is 0 Å². The van der Waals surface area contributed by atoms with E-state index >= 15 is 0 Å². The summed E-state index contributed by atoms with van der Waals surface area (Å²) in [6.45, 7) is 0. The standard InChI is InChI=1S/C15H28O4.2Na/c16-14(17)12-10-8-6-4-2-1-3-5-7-9-11-13-15(18)19;;/h1-13H2,(H,16,17)(H,18,19);;/q;2*+1/p-2. The molecular formula is C15H26Na2O4. The normalized spacial score (nSPS) is 9.52. The van der Waals surface area contributed by atoms with Crippen molar-refractivity contribution in [1.29, 1.82) is 0 Å². The maximum absolute atomic E-state index is 10.2. The summed E-state index contributed by atoms with van der Waals surface area (Å²) in [5.74, 6) is -1.89. The first kappa shape index (κ1) is 26.8. The molecule has 0 heterocycles. The van der Waals surface area contributed by atoms with Crippen LogP contribution in [0.5, 0.6) is 0 Å². The maximum atomic E-state index is 10.2. The van der Waals surface area contributed by atoms with Crippen LogP contribution in [0.4, 0.5) is 0 Å². The fraction of sp³-hybridized carbons (Fsp3) is 0.867. The maximum Gasteiger partial charge on any atom is 1.00 e. The summed E-state index contributed by atoms with van der Waals surface area (Å²) in [5, 5.41) is 20.3. The molecule has 0 N–H and O–H groups in total. The van der Waals surface area contributed by atoms with Crippen molar-refractivity contribution >= 4 is 11.9 Å². The van der Waals surface area contributed by atoms with Gasteiger partial charge >= 0.3 is 59.1 Å². The number of carboxylic acids is 2. The summed E-state index contributed by atoms with van der Waals surface area (Å²) in [4.78, 5) is 20.3. The van der Waals surface area contributed by atoms with Gasteiger partial charge in [0.2, 0.25) is 0 Å². The predicted molar refractivity (Wildman–Crippen MR) is 70.0 cm³/mol. The van der Waals surface area contributed by atoms with Gasteiger partial charge in [-0.2, -0.15) is 0 Å². The van der Waals surface area contributed by atoms with Crippen LogP contribution in [0.1, 0.15) is 83.5 Å². The first-order chi connectivity index (χ1) is 9.13. The molecule has 6 heteroatoms. The van der Waals surface area contributed by atoms with Crippen LogP contribution in [0.3, 0.4) is 0 Å². The SMILES string of the molecule is O=C([O-])CCCCCCCCCCCCCC(=O)[O-].[Na+].[Na+]. The third-order valence-electron chi connectivity index (χ3n) is 3.26. The van der Waals surface area contributed by atoms with Gasteiger partial charge in [-0.15, -0.1) is 0 Å².